The summed E-state index contributed by atoms with van der Waals surface area (Å²) in [6.07, 6.45) is 0.185. The molecular formula is C18H14N2O6. The van der Waals surface area contributed by atoms with Gasteiger partial charge in [-0.15, -0.1) is 0 Å². The van der Waals surface area contributed by atoms with Crippen LogP contribution in [0.2, 0.25) is 0 Å². The van der Waals surface area contributed by atoms with Crippen LogP contribution in [-0.2, 0) is 9.53 Å². The standard InChI is InChI=1S/C18H14N2O6/c1-10(16(21)20-13-4-2-3-11(7-13)17(22)23)26-18(24)12-5-6-15-14(8-12)19-9-25-15/h2-10H,1H3,(H,20,21)(H,22,23). The molecule has 2 aromatic carbocycles. The average molecular weight is 354 g/mol. The van der Waals surface area contributed by atoms with Crippen molar-refractivity contribution in [3.8, 4) is 0 Å². The van der Waals surface area contributed by atoms with Crippen LogP contribution in [0.1, 0.15) is 27.6 Å². The summed E-state index contributed by atoms with van der Waals surface area (Å²) in [4.78, 5) is 39.3. The van der Waals surface area contributed by atoms with Gasteiger partial charge < -0.3 is 19.6 Å². The molecule has 8 nitrogen and oxygen atoms in total. The van der Waals surface area contributed by atoms with Crippen molar-refractivity contribution >= 4 is 34.6 Å². The van der Waals surface area contributed by atoms with Crippen molar-refractivity contribution < 1.29 is 28.6 Å². The Hall–Kier alpha value is -3.68. The normalized spacial score (nSPS) is 11.7. The number of hydrogen-bond donors (Lipinski definition) is 2. The molecule has 0 aliphatic carbocycles. The second kappa shape index (κ2) is 7.06. The first kappa shape index (κ1) is 17.2. The fraction of sp³-hybridized carbons (Fsp3) is 0.111. The molecule has 0 spiro atoms. The van der Waals surface area contributed by atoms with Crippen molar-refractivity contribution in [1.82, 2.24) is 4.98 Å². The summed E-state index contributed by atoms with van der Waals surface area (Å²) in [5.74, 6) is -2.37. The zero-order chi connectivity index (χ0) is 18.7. The van der Waals surface area contributed by atoms with Crippen molar-refractivity contribution in [3.63, 3.8) is 0 Å². The number of oxazole rings is 1. The summed E-state index contributed by atoms with van der Waals surface area (Å²) in [5, 5.41) is 11.5. The number of aromatic carboxylic acids is 1. The highest BCUT2D eigenvalue weighted by molar-refractivity contribution is 5.99. The number of anilines is 1. The van der Waals surface area contributed by atoms with Gasteiger partial charge in [-0.1, -0.05) is 6.07 Å². The van der Waals surface area contributed by atoms with E-state index in [0.29, 0.717) is 16.8 Å². The molecule has 0 saturated heterocycles. The van der Waals surface area contributed by atoms with E-state index in [2.05, 4.69) is 10.3 Å². The van der Waals surface area contributed by atoms with Gasteiger partial charge in [0, 0.05) is 5.69 Å². The van der Waals surface area contributed by atoms with Crippen LogP contribution in [0.4, 0.5) is 5.69 Å². The topological polar surface area (TPSA) is 119 Å². The molecule has 2 N–H and O–H groups in total. The largest absolute Gasteiger partial charge is 0.478 e. The second-order valence-electron chi connectivity index (χ2n) is 5.46. The first-order chi connectivity index (χ1) is 12.4. The molecule has 1 unspecified atom stereocenters. The molecule has 0 aliphatic rings. The van der Waals surface area contributed by atoms with Gasteiger partial charge in [0.05, 0.1) is 11.1 Å². The fourth-order valence-corrected chi connectivity index (χ4v) is 2.24. The van der Waals surface area contributed by atoms with Gasteiger partial charge in [-0.05, 0) is 43.3 Å². The van der Waals surface area contributed by atoms with Crippen LogP contribution in [0, 0.1) is 0 Å². The fourth-order valence-electron chi connectivity index (χ4n) is 2.24. The quantitative estimate of drug-likeness (QED) is 0.676. The highest BCUT2D eigenvalue weighted by Crippen LogP contribution is 2.16. The number of ether oxygens (including phenoxy) is 1. The van der Waals surface area contributed by atoms with Crippen molar-refractivity contribution in [1.29, 1.82) is 0 Å². The molecule has 1 aromatic heterocycles. The van der Waals surface area contributed by atoms with Gasteiger partial charge in [0.15, 0.2) is 18.1 Å². The summed E-state index contributed by atoms with van der Waals surface area (Å²) in [6, 6.07) is 10.4. The molecule has 26 heavy (non-hydrogen) atoms. The van der Waals surface area contributed by atoms with Crippen LogP contribution < -0.4 is 5.32 Å². The molecule has 0 radical (unpaired) electrons. The van der Waals surface area contributed by atoms with Gasteiger partial charge in [0.25, 0.3) is 5.91 Å². The minimum Gasteiger partial charge on any atom is -0.478 e. The predicted molar refractivity (Wildman–Crippen MR) is 90.9 cm³/mol. The molecule has 1 atom stereocenters. The summed E-state index contributed by atoms with van der Waals surface area (Å²) in [5.41, 5.74) is 1.60. The summed E-state index contributed by atoms with van der Waals surface area (Å²) < 4.78 is 10.2. The molecule has 1 amide bonds. The van der Waals surface area contributed by atoms with Crippen molar-refractivity contribution in [2.45, 2.75) is 13.0 Å². The highest BCUT2D eigenvalue weighted by atomic mass is 16.5. The Morgan fingerprint density at radius 1 is 1.15 bits per heavy atom. The third-order valence-electron chi connectivity index (χ3n) is 3.60. The highest BCUT2D eigenvalue weighted by Gasteiger charge is 2.20. The lowest BCUT2D eigenvalue weighted by Gasteiger charge is -2.13. The number of hydrogen-bond acceptors (Lipinski definition) is 6. The lowest BCUT2D eigenvalue weighted by Crippen LogP contribution is -2.30. The van der Waals surface area contributed by atoms with Crippen LogP contribution in [0.5, 0.6) is 0 Å². The maximum atomic E-state index is 12.2. The number of carboxylic acids is 1. The monoisotopic (exact) mass is 354 g/mol. The van der Waals surface area contributed by atoms with Crippen LogP contribution in [0.25, 0.3) is 11.1 Å². The third kappa shape index (κ3) is 3.69. The molecule has 0 fully saturated rings. The van der Waals surface area contributed by atoms with Gasteiger partial charge in [0.2, 0.25) is 0 Å². The maximum absolute atomic E-state index is 12.2. The van der Waals surface area contributed by atoms with Crippen molar-refractivity contribution in [2.24, 2.45) is 0 Å². The van der Waals surface area contributed by atoms with Crippen LogP contribution in [-0.4, -0.2) is 34.0 Å². The third-order valence-corrected chi connectivity index (χ3v) is 3.60. The summed E-state index contributed by atoms with van der Waals surface area (Å²) >= 11 is 0. The molecule has 3 rings (SSSR count). The first-order valence-electron chi connectivity index (χ1n) is 7.62. The van der Waals surface area contributed by atoms with Gasteiger partial charge in [-0.3, -0.25) is 4.79 Å². The number of benzene rings is 2. The molecule has 0 aliphatic heterocycles. The van der Waals surface area contributed by atoms with E-state index in [-0.39, 0.29) is 11.1 Å². The lowest BCUT2D eigenvalue weighted by atomic mass is 10.2. The van der Waals surface area contributed by atoms with E-state index in [1.54, 1.807) is 6.07 Å². The number of aromatic nitrogens is 1. The molecule has 8 heteroatoms. The first-order valence-corrected chi connectivity index (χ1v) is 7.62. The number of nitrogens with zero attached hydrogens (tertiary/aromatic N) is 1. The Kier molecular flexibility index (Phi) is 4.66. The maximum Gasteiger partial charge on any atom is 0.338 e. The van der Waals surface area contributed by atoms with Gasteiger partial charge in [-0.25, -0.2) is 14.6 Å². The Labute approximate surface area is 147 Å². The van der Waals surface area contributed by atoms with E-state index in [1.165, 1.54) is 49.7 Å². The minimum atomic E-state index is -1.11. The van der Waals surface area contributed by atoms with E-state index >= 15 is 0 Å². The Morgan fingerprint density at radius 3 is 2.73 bits per heavy atom. The zero-order valence-corrected chi connectivity index (χ0v) is 13.6. The van der Waals surface area contributed by atoms with E-state index in [4.69, 9.17) is 14.3 Å². The Morgan fingerprint density at radius 2 is 1.96 bits per heavy atom. The molecule has 1 heterocycles. The van der Waals surface area contributed by atoms with Crippen LogP contribution in [0.3, 0.4) is 0 Å². The smallest absolute Gasteiger partial charge is 0.338 e. The van der Waals surface area contributed by atoms with Crippen molar-refractivity contribution in [3.05, 3.63) is 60.0 Å². The zero-order valence-electron chi connectivity index (χ0n) is 13.6. The lowest BCUT2D eigenvalue weighted by molar-refractivity contribution is -0.123. The molecular weight excluding hydrogens is 340 g/mol. The molecule has 132 valence electrons. The van der Waals surface area contributed by atoms with Crippen LogP contribution >= 0.6 is 0 Å². The predicted octanol–water partition coefficient (Wildman–Crippen LogP) is 2.71. The SMILES string of the molecule is CC(OC(=O)c1ccc2ocnc2c1)C(=O)Nc1cccc(C(=O)O)c1. The number of rotatable bonds is 5. The minimum absolute atomic E-state index is 0.0355. The van der Waals surface area contributed by atoms with E-state index in [1.807, 2.05) is 0 Å². The van der Waals surface area contributed by atoms with E-state index < -0.39 is 23.9 Å². The summed E-state index contributed by atoms with van der Waals surface area (Å²) in [6.45, 7) is 1.42. The van der Waals surface area contributed by atoms with Crippen LogP contribution in [0.15, 0.2) is 53.3 Å². The summed E-state index contributed by atoms with van der Waals surface area (Å²) in [7, 11) is 0. The molecule has 0 saturated carbocycles. The number of carboxylic acid groups (broad SMARTS) is 1. The van der Waals surface area contributed by atoms with E-state index in [9.17, 15) is 14.4 Å². The van der Waals surface area contributed by atoms with Gasteiger partial charge in [0.1, 0.15) is 5.52 Å². The van der Waals surface area contributed by atoms with Gasteiger partial charge >= 0.3 is 11.9 Å². The molecule has 3 aromatic rings. The Balaban J connectivity index is 1.65. The number of esters is 1. The van der Waals surface area contributed by atoms with Gasteiger partial charge in [-0.2, -0.15) is 0 Å². The average Bonchev–Trinajstić information content (AvgIpc) is 3.09. The van der Waals surface area contributed by atoms with Crippen molar-refractivity contribution in [2.75, 3.05) is 5.32 Å². The Bertz CT molecular complexity index is 994. The number of carbonyl (C=O) groups is 3. The number of amides is 1. The number of carbonyl (C=O) groups excluding carboxylic acids is 2. The number of nitrogens with one attached hydrogen (secondary N) is 1. The number of fused-ring (bicyclic) bond motifs is 1. The van der Waals surface area contributed by atoms with E-state index in [0.717, 1.165) is 0 Å². The second-order valence-corrected chi connectivity index (χ2v) is 5.46. The molecule has 0 bridgehead atoms.